The lowest BCUT2D eigenvalue weighted by molar-refractivity contribution is 1.03. The highest BCUT2D eigenvalue weighted by Gasteiger charge is 2.36. The number of aryl methyl sites for hydroxylation is 4. The van der Waals surface area contributed by atoms with E-state index >= 15 is 0 Å². The quantitative estimate of drug-likeness (QED) is 0.169. The molecule has 0 aliphatic heterocycles. The number of hydrogen-bond donors (Lipinski definition) is 0. The molecule has 0 aliphatic rings. The Morgan fingerprint density at radius 3 is 0.813 bits per heavy atom. The molecule has 4 heterocycles. The van der Waals surface area contributed by atoms with Gasteiger partial charge in [-0.15, -0.1) is 0 Å². The lowest BCUT2D eigenvalue weighted by Crippen LogP contribution is -2.17. The van der Waals surface area contributed by atoms with Gasteiger partial charge in [0.05, 0.1) is 66.9 Å². The van der Waals surface area contributed by atoms with Gasteiger partial charge in [-0.25, -0.2) is 0 Å². The lowest BCUT2D eigenvalue weighted by atomic mass is 9.83. The van der Waals surface area contributed by atoms with Gasteiger partial charge in [-0.2, -0.15) is 5.26 Å². The Hall–Kier alpha value is -9.11. The molecule has 0 radical (unpaired) electrons. The summed E-state index contributed by atoms with van der Waals surface area (Å²) < 4.78 is 9.92. The first kappa shape index (κ1) is 44.6. The molecule has 0 N–H and O–H groups in total. The highest BCUT2D eigenvalue weighted by Crippen LogP contribution is 2.53. The molecular formula is C70H55N5. The summed E-state index contributed by atoms with van der Waals surface area (Å²) in [7, 11) is 0. The third-order valence-corrected chi connectivity index (χ3v) is 17.0. The summed E-state index contributed by atoms with van der Waals surface area (Å²) in [6.45, 7) is 20.2. The summed E-state index contributed by atoms with van der Waals surface area (Å²) in [6.07, 6.45) is 0. The summed E-state index contributed by atoms with van der Waals surface area (Å²) in [5.74, 6) is 0. The summed E-state index contributed by atoms with van der Waals surface area (Å²) in [4.78, 5) is 0. The van der Waals surface area contributed by atoms with E-state index in [0.29, 0.717) is 5.56 Å². The smallest absolute Gasteiger partial charge is 0.104 e. The van der Waals surface area contributed by atoms with Gasteiger partial charge in [0.25, 0.3) is 0 Å². The molecule has 0 fully saturated rings. The zero-order valence-corrected chi connectivity index (χ0v) is 43.9. The first-order chi connectivity index (χ1) is 36.4. The molecule has 14 aromatic rings. The minimum absolute atomic E-state index is 0.572. The normalized spacial score (nSPS) is 12.1. The fourth-order valence-corrected chi connectivity index (χ4v) is 13.1. The number of fused-ring (bicyclic) bond motifs is 12. The zero-order valence-electron chi connectivity index (χ0n) is 43.9. The highest BCUT2D eigenvalue weighted by molar-refractivity contribution is 6.17. The monoisotopic (exact) mass is 965 g/mol. The number of benzene rings is 10. The zero-order chi connectivity index (χ0) is 51.3. The number of rotatable bonds is 5. The van der Waals surface area contributed by atoms with E-state index in [0.717, 1.165) is 121 Å². The van der Waals surface area contributed by atoms with Crippen LogP contribution in [0.15, 0.2) is 170 Å². The molecule has 4 aromatic heterocycles. The maximum atomic E-state index is 13.0. The second-order valence-corrected chi connectivity index (χ2v) is 21.2. The molecule has 0 amide bonds. The summed E-state index contributed by atoms with van der Waals surface area (Å²) >= 11 is 0. The van der Waals surface area contributed by atoms with Crippen LogP contribution in [-0.2, 0) is 0 Å². The van der Waals surface area contributed by atoms with E-state index in [1.807, 2.05) is 0 Å². The van der Waals surface area contributed by atoms with Gasteiger partial charge in [-0.1, -0.05) is 119 Å². The van der Waals surface area contributed by atoms with E-state index in [1.165, 1.54) is 50.1 Å². The Labute approximate surface area is 436 Å². The van der Waals surface area contributed by atoms with Crippen molar-refractivity contribution in [2.24, 2.45) is 0 Å². The van der Waals surface area contributed by atoms with E-state index in [1.54, 1.807) is 0 Å². The van der Waals surface area contributed by atoms with Crippen LogP contribution in [0, 0.1) is 73.6 Å². The van der Waals surface area contributed by atoms with Gasteiger partial charge in [0.2, 0.25) is 0 Å². The third kappa shape index (κ3) is 6.11. The van der Waals surface area contributed by atoms with Gasteiger partial charge < -0.3 is 18.3 Å². The summed E-state index contributed by atoms with van der Waals surface area (Å²) in [6, 6.07) is 65.8. The van der Waals surface area contributed by atoms with Crippen molar-refractivity contribution >= 4 is 87.2 Å². The molecule has 14 rings (SSSR count). The van der Waals surface area contributed by atoms with Crippen LogP contribution in [0.4, 0.5) is 0 Å². The standard InChI is InChI=1S/C70H55N5/c1-39-26-30-61-52(34-39)53-35-40(2)27-31-62(53)72(61)67-56(38-71)68(73-63-32-28-41(3)36-54(63)55-37-42(4)29-33-64(55)73)70(75-59-24-16-12-20-50(59)51-21-13-17-25-60(51)75)66(65-46(8)44(6)43(5)45(7)47(65)9)69(67)74-57-22-14-10-18-48(57)49-19-11-15-23-58(49)74/h10-37H,1-9H3. The first-order valence-corrected chi connectivity index (χ1v) is 26.2. The minimum atomic E-state index is 0.572. The van der Waals surface area contributed by atoms with Gasteiger partial charge in [0.1, 0.15) is 11.6 Å². The fraction of sp³-hybridized carbons (Fsp3) is 0.129. The fourth-order valence-electron chi connectivity index (χ4n) is 13.1. The minimum Gasteiger partial charge on any atom is -0.306 e. The lowest BCUT2D eigenvalue weighted by Gasteiger charge is -2.31. The average Bonchev–Trinajstić information content (AvgIpc) is 4.24. The Kier molecular flexibility index (Phi) is 9.63. The predicted molar refractivity (Wildman–Crippen MR) is 317 cm³/mol. The number of nitrogens with zero attached hydrogens (tertiary/aromatic N) is 5. The third-order valence-electron chi connectivity index (χ3n) is 17.0. The van der Waals surface area contributed by atoms with Crippen molar-refractivity contribution in [2.75, 3.05) is 0 Å². The van der Waals surface area contributed by atoms with E-state index in [9.17, 15) is 5.26 Å². The van der Waals surface area contributed by atoms with Crippen molar-refractivity contribution in [2.45, 2.75) is 62.3 Å². The van der Waals surface area contributed by atoms with Crippen LogP contribution in [0.1, 0.15) is 55.6 Å². The van der Waals surface area contributed by atoms with Gasteiger partial charge in [0.15, 0.2) is 0 Å². The Bertz CT molecular complexity index is 4360. The van der Waals surface area contributed by atoms with Crippen molar-refractivity contribution in [1.82, 2.24) is 18.3 Å². The van der Waals surface area contributed by atoms with Crippen LogP contribution in [0.3, 0.4) is 0 Å². The van der Waals surface area contributed by atoms with E-state index in [2.05, 4.69) is 257 Å². The van der Waals surface area contributed by atoms with Gasteiger partial charge in [-0.3, -0.25) is 0 Å². The molecule has 0 bridgehead atoms. The van der Waals surface area contributed by atoms with Crippen molar-refractivity contribution in [1.29, 1.82) is 5.26 Å². The van der Waals surface area contributed by atoms with Gasteiger partial charge >= 0.3 is 0 Å². The molecule has 5 heteroatoms. The predicted octanol–water partition coefficient (Wildman–Crippen LogP) is 18.4. The first-order valence-electron chi connectivity index (χ1n) is 26.2. The molecule has 75 heavy (non-hydrogen) atoms. The number of aromatic nitrogens is 4. The molecule has 0 unspecified atom stereocenters. The molecule has 0 spiro atoms. The van der Waals surface area contributed by atoms with Crippen molar-refractivity contribution in [3.05, 3.63) is 225 Å². The van der Waals surface area contributed by atoms with Crippen LogP contribution in [0.5, 0.6) is 0 Å². The van der Waals surface area contributed by atoms with Gasteiger partial charge in [0, 0.05) is 48.7 Å². The summed E-state index contributed by atoms with van der Waals surface area (Å²) in [5, 5.41) is 22.2. The Balaban J connectivity index is 1.40. The van der Waals surface area contributed by atoms with Crippen LogP contribution in [0.2, 0.25) is 0 Å². The van der Waals surface area contributed by atoms with Crippen molar-refractivity contribution in [3.8, 4) is 39.9 Å². The Morgan fingerprint density at radius 1 is 0.267 bits per heavy atom. The largest absolute Gasteiger partial charge is 0.306 e. The average molecular weight is 966 g/mol. The van der Waals surface area contributed by atoms with Gasteiger partial charge in [-0.05, 0) is 168 Å². The van der Waals surface area contributed by atoms with E-state index in [-0.39, 0.29) is 0 Å². The maximum absolute atomic E-state index is 13.0. The molecule has 0 atom stereocenters. The van der Waals surface area contributed by atoms with Crippen LogP contribution in [0.25, 0.3) is 121 Å². The molecule has 10 aromatic carbocycles. The van der Waals surface area contributed by atoms with E-state index in [4.69, 9.17) is 0 Å². The topological polar surface area (TPSA) is 43.5 Å². The summed E-state index contributed by atoms with van der Waals surface area (Å²) in [5.41, 5.74) is 25.7. The molecule has 0 saturated heterocycles. The maximum Gasteiger partial charge on any atom is 0.104 e. The highest BCUT2D eigenvalue weighted by atomic mass is 15.1. The number of hydrogen-bond acceptors (Lipinski definition) is 1. The van der Waals surface area contributed by atoms with Crippen LogP contribution >= 0.6 is 0 Å². The SMILES string of the molecule is Cc1ccc2c(c1)c1cc(C)ccc1n2-c1c(C#N)c(-n2c3ccc(C)cc3c3cc(C)ccc32)c(-n2c3ccccc3c3ccccc32)c(-c2c(C)c(C)c(C)c(C)c2C)c1-n1c2ccccc2c2ccccc21. The van der Waals surface area contributed by atoms with E-state index < -0.39 is 0 Å². The van der Waals surface area contributed by atoms with Crippen molar-refractivity contribution < 1.29 is 0 Å². The van der Waals surface area contributed by atoms with Crippen LogP contribution < -0.4 is 0 Å². The second kappa shape index (κ2) is 16.2. The second-order valence-electron chi connectivity index (χ2n) is 21.2. The molecule has 0 saturated carbocycles. The number of nitriles is 1. The molecule has 5 nitrogen and oxygen atoms in total. The molecular weight excluding hydrogens is 911 g/mol. The Morgan fingerprint density at radius 2 is 0.520 bits per heavy atom. The van der Waals surface area contributed by atoms with Crippen molar-refractivity contribution in [3.63, 3.8) is 0 Å². The molecule has 0 aliphatic carbocycles. The van der Waals surface area contributed by atoms with Crippen LogP contribution in [-0.4, -0.2) is 18.3 Å². The molecule has 360 valence electrons. The number of para-hydroxylation sites is 4.